The maximum atomic E-state index is 12.0. The van der Waals surface area contributed by atoms with E-state index in [0.717, 1.165) is 5.56 Å². The third kappa shape index (κ3) is 4.95. The van der Waals surface area contributed by atoms with Crippen LogP contribution in [0.5, 0.6) is 0 Å². The molecule has 124 valence electrons. The zero-order valence-corrected chi connectivity index (χ0v) is 13.3. The number of anilines is 1. The van der Waals surface area contributed by atoms with Crippen molar-refractivity contribution in [3.8, 4) is 0 Å². The molecule has 0 atom stereocenters. The van der Waals surface area contributed by atoms with Crippen LogP contribution in [-0.4, -0.2) is 31.3 Å². The third-order valence-electron chi connectivity index (χ3n) is 3.33. The average molecular weight is 325 g/mol. The van der Waals surface area contributed by atoms with Gasteiger partial charge in [-0.25, -0.2) is 0 Å². The van der Waals surface area contributed by atoms with Crippen molar-refractivity contribution >= 4 is 23.4 Å². The highest BCUT2D eigenvalue weighted by molar-refractivity contribution is 6.04. The molecule has 0 saturated carbocycles. The van der Waals surface area contributed by atoms with Crippen molar-refractivity contribution in [2.75, 3.05) is 18.9 Å². The van der Waals surface area contributed by atoms with Gasteiger partial charge in [-0.1, -0.05) is 42.5 Å². The van der Waals surface area contributed by atoms with E-state index in [4.69, 9.17) is 0 Å². The molecular weight excluding hydrogens is 306 g/mol. The lowest BCUT2D eigenvalue weighted by molar-refractivity contribution is -0.123. The second-order valence-corrected chi connectivity index (χ2v) is 5.11. The zero-order chi connectivity index (χ0) is 17.4. The predicted molar refractivity (Wildman–Crippen MR) is 91.6 cm³/mol. The molecule has 2 aromatic rings. The van der Waals surface area contributed by atoms with Crippen LogP contribution in [0, 0.1) is 0 Å². The Morgan fingerprint density at radius 1 is 0.875 bits per heavy atom. The number of amides is 3. The van der Waals surface area contributed by atoms with E-state index in [-0.39, 0.29) is 24.8 Å². The maximum Gasteiger partial charge on any atom is 0.253 e. The predicted octanol–water partition coefficient (Wildman–Crippen LogP) is 1.34. The van der Waals surface area contributed by atoms with Crippen LogP contribution in [0.25, 0.3) is 0 Å². The van der Waals surface area contributed by atoms with Gasteiger partial charge in [0.05, 0.1) is 24.2 Å². The molecule has 3 N–H and O–H groups in total. The van der Waals surface area contributed by atoms with Crippen LogP contribution in [0.2, 0.25) is 0 Å². The van der Waals surface area contributed by atoms with E-state index in [9.17, 15) is 14.4 Å². The second kappa shape index (κ2) is 8.47. The summed E-state index contributed by atoms with van der Waals surface area (Å²) in [5.74, 6) is -0.928. The van der Waals surface area contributed by atoms with Crippen LogP contribution in [0.1, 0.15) is 15.9 Å². The molecule has 0 aliphatic carbocycles. The highest BCUT2D eigenvalue weighted by atomic mass is 16.2. The molecule has 3 amide bonds. The quantitative estimate of drug-likeness (QED) is 0.749. The minimum absolute atomic E-state index is 0.159. The molecule has 6 heteroatoms. The largest absolute Gasteiger partial charge is 0.355 e. The highest BCUT2D eigenvalue weighted by Crippen LogP contribution is 2.14. The summed E-state index contributed by atoms with van der Waals surface area (Å²) in [6.07, 6.45) is 0.211. The number of carbonyl (C=O) groups is 3. The van der Waals surface area contributed by atoms with Crippen LogP contribution in [0.15, 0.2) is 54.6 Å². The monoisotopic (exact) mass is 325 g/mol. The lowest BCUT2D eigenvalue weighted by atomic mass is 10.1. The van der Waals surface area contributed by atoms with Gasteiger partial charge in [0.1, 0.15) is 0 Å². The number of rotatable bonds is 6. The molecule has 0 fully saturated rings. The van der Waals surface area contributed by atoms with Gasteiger partial charge >= 0.3 is 0 Å². The van der Waals surface area contributed by atoms with Gasteiger partial charge in [0, 0.05) is 7.05 Å². The minimum atomic E-state index is -0.396. The summed E-state index contributed by atoms with van der Waals surface area (Å²) in [6, 6.07) is 15.9. The number of nitrogens with one attached hydrogen (secondary N) is 3. The number of hydrogen-bond donors (Lipinski definition) is 3. The summed E-state index contributed by atoms with van der Waals surface area (Å²) in [5, 5.41) is 7.71. The van der Waals surface area contributed by atoms with Crippen molar-refractivity contribution < 1.29 is 14.4 Å². The van der Waals surface area contributed by atoms with E-state index in [0.29, 0.717) is 11.3 Å². The number of hydrogen-bond acceptors (Lipinski definition) is 3. The Balaban J connectivity index is 1.88. The topological polar surface area (TPSA) is 87.3 Å². The first kappa shape index (κ1) is 17.2. The van der Waals surface area contributed by atoms with Gasteiger partial charge in [-0.05, 0) is 17.7 Å². The summed E-state index contributed by atoms with van der Waals surface area (Å²) in [7, 11) is 1.52. The Kier molecular flexibility index (Phi) is 6.08. The second-order valence-electron chi connectivity index (χ2n) is 5.11. The van der Waals surface area contributed by atoms with E-state index >= 15 is 0 Å². The first-order valence-corrected chi connectivity index (χ1v) is 7.51. The molecule has 2 rings (SSSR count). The highest BCUT2D eigenvalue weighted by Gasteiger charge is 2.12. The summed E-state index contributed by atoms with van der Waals surface area (Å²) < 4.78 is 0. The molecule has 0 spiro atoms. The van der Waals surface area contributed by atoms with E-state index in [2.05, 4.69) is 16.0 Å². The summed E-state index contributed by atoms with van der Waals surface area (Å²) in [6.45, 7) is -0.159. The maximum absolute atomic E-state index is 12.0. The fourth-order valence-corrected chi connectivity index (χ4v) is 2.14. The molecule has 6 nitrogen and oxygen atoms in total. The molecule has 0 bridgehead atoms. The van der Waals surface area contributed by atoms with Crippen molar-refractivity contribution in [3.05, 3.63) is 65.7 Å². The molecule has 2 aromatic carbocycles. The number of benzene rings is 2. The van der Waals surface area contributed by atoms with E-state index < -0.39 is 5.91 Å². The molecule has 0 saturated heterocycles. The fourth-order valence-electron chi connectivity index (χ4n) is 2.14. The summed E-state index contributed by atoms with van der Waals surface area (Å²) >= 11 is 0. The smallest absolute Gasteiger partial charge is 0.253 e. The first-order valence-electron chi connectivity index (χ1n) is 7.51. The van der Waals surface area contributed by atoms with E-state index in [1.807, 2.05) is 30.3 Å². The van der Waals surface area contributed by atoms with Crippen LogP contribution in [0.3, 0.4) is 0 Å². The Bertz CT molecular complexity index is 729. The van der Waals surface area contributed by atoms with Gasteiger partial charge in [-0.3, -0.25) is 14.4 Å². The van der Waals surface area contributed by atoms with Gasteiger partial charge < -0.3 is 16.0 Å². The van der Waals surface area contributed by atoms with Gasteiger partial charge in [0.25, 0.3) is 5.91 Å². The molecule has 0 aliphatic rings. The van der Waals surface area contributed by atoms with E-state index in [1.165, 1.54) is 7.05 Å². The van der Waals surface area contributed by atoms with Crippen LogP contribution < -0.4 is 16.0 Å². The van der Waals surface area contributed by atoms with E-state index in [1.54, 1.807) is 24.3 Å². The van der Waals surface area contributed by atoms with Gasteiger partial charge in [0.2, 0.25) is 11.8 Å². The minimum Gasteiger partial charge on any atom is -0.355 e. The van der Waals surface area contributed by atoms with Crippen molar-refractivity contribution in [3.63, 3.8) is 0 Å². The molecule has 0 aliphatic heterocycles. The number of carbonyl (C=O) groups excluding carboxylic acids is 3. The van der Waals surface area contributed by atoms with Crippen molar-refractivity contribution in [1.82, 2.24) is 10.6 Å². The molecule has 0 unspecified atom stereocenters. The Morgan fingerprint density at radius 2 is 1.54 bits per heavy atom. The molecule has 0 aromatic heterocycles. The standard InChI is InChI=1S/C18H19N3O3/c1-19-18(24)14-9-5-6-10-15(14)21-17(23)12-20-16(22)11-13-7-3-2-4-8-13/h2-10H,11-12H2,1H3,(H,19,24)(H,20,22)(H,21,23). The molecule has 0 heterocycles. The molecule has 24 heavy (non-hydrogen) atoms. The zero-order valence-electron chi connectivity index (χ0n) is 13.3. The molecular formula is C18H19N3O3. The van der Waals surface area contributed by atoms with Crippen LogP contribution >= 0.6 is 0 Å². The number of para-hydroxylation sites is 1. The lowest BCUT2D eigenvalue weighted by Crippen LogP contribution is -2.34. The first-order chi connectivity index (χ1) is 11.6. The third-order valence-corrected chi connectivity index (χ3v) is 3.33. The van der Waals surface area contributed by atoms with Crippen LogP contribution in [-0.2, 0) is 16.0 Å². The van der Waals surface area contributed by atoms with Crippen molar-refractivity contribution in [2.24, 2.45) is 0 Å². The van der Waals surface area contributed by atoms with Crippen molar-refractivity contribution in [2.45, 2.75) is 6.42 Å². The Hall–Kier alpha value is -3.15. The van der Waals surface area contributed by atoms with Gasteiger partial charge in [-0.15, -0.1) is 0 Å². The molecule has 0 radical (unpaired) electrons. The fraction of sp³-hybridized carbons (Fsp3) is 0.167. The van der Waals surface area contributed by atoms with Gasteiger partial charge in [-0.2, -0.15) is 0 Å². The normalized spacial score (nSPS) is 9.88. The lowest BCUT2D eigenvalue weighted by Gasteiger charge is -2.10. The van der Waals surface area contributed by atoms with Crippen LogP contribution in [0.4, 0.5) is 5.69 Å². The van der Waals surface area contributed by atoms with Crippen molar-refractivity contribution in [1.29, 1.82) is 0 Å². The Labute approximate surface area is 140 Å². The Morgan fingerprint density at radius 3 is 2.25 bits per heavy atom. The SMILES string of the molecule is CNC(=O)c1ccccc1NC(=O)CNC(=O)Cc1ccccc1. The summed E-state index contributed by atoms with van der Waals surface area (Å²) in [4.78, 5) is 35.6. The average Bonchev–Trinajstić information content (AvgIpc) is 2.60. The van der Waals surface area contributed by atoms with Gasteiger partial charge in [0.15, 0.2) is 0 Å². The summed E-state index contributed by atoms with van der Waals surface area (Å²) in [5.41, 5.74) is 1.64.